The second kappa shape index (κ2) is 2.83. The number of hydrogen-bond donors (Lipinski definition) is 0. The van der Waals surface area contributed by atoms with Crippen LogP contribution in [0.15, 0.2) is 18.6 Å². The molecule has 0 aromatic heterocycles. The summed E-state index contributed by atoms with van der Waals surface area (Å²) >= 11 is 0. The zero-order valence-electron chi connectivity index (χ0n) is 8.15. The van der Waals surface area contributed by atoms with E-state index < -0.39 is 0 Å². The van der Waals surface area contributed by atoms with E-state index in [9.17, 15) is 0 Å². The smallest absolute Gasteiger partial charge is 0.160 e. The van der Waals surface area contributed by atoms with Gasteiger partial charge in [0.25, 0.3) is 0 Å². The third kappa shape index (κ3) is 1.20. The third-order valence-corrected chi connectivity index (χ3v) is 2.24. The Morgan fingerprint density at radius 1 is 1.31 bits per heavy atom. The molecule has 3 heteroatoms. The highest BCUT2D eigenvalue weighted by molar-refractivity contribution is 5.56. The van der Waals surface area contributed by atoms with Crippen molar-refractivity contribution in [2.75, 3.05) is 0 Å². The highest BCUT2D eigenvalue weighted by atomic mass is 15.1. The van der Waals surface area contributed by atoms with Gasteiger partial charge in [-0.05, 0) is 32.4 Å². The normalized spacial score (nSPS) is 11.4. The Morgan fingerprint density at radius 3 is 2.77 bits per heavy atom. The van der Waals surface area contributed by atoms with Crippen LogP contribution < -0.4 is 0 Å². The molecule has 0 fully saturated rings. The Balaban J connectivity index is 2.68. The molecule has 0 amide bonds. The number of nitrogens with zero attached hydrogens (tertiary/aromatic N) is 3. The molecule has 2 aliphatic heterocycles. The standard InChI is InChI=1S/C10H13N3/c1-7(2)13-5-4-8(3)9-10(13)12-6-11-9/h4-7H,1-3H3. The number of rotatable bonds is 1. The van der Waals surface area contributed by atoms with Gasteiger partial charge in [-0.3, -0.25) is 0 Å². The largest absolute Gasteiger partial charge is 0.329 e. The molecule has 0 atom stereocenters. The molecule has 0 aromatic carbocycles. The second-order valence-electron chi connectivity index (χ2n) is 3.55. The molecule has 13 heavy (non-hydrogen) atoms. The lowest BCUT2D eigenvalue weighted by atomic mass is 10.2. The summed E-state index contributed by atoms with van der Waals surface area (Å²) in [5.74, 6) is 0.981. The Labute approximate surface area is 77.8 Å². The van der Waals surface area contributed by atoms with E-state index in [4.69, 9.17) is 0 Å². The molecular weight excluding hydrogens is 162 g/mol. The first-order valence-corrected chi connectivity index (χ1v) is 4.48. The summed E-state index contributed by atoms with van der Waals surface area (Å²) in [6.45, 7) is 6.34. The summed E-state index contributed by atoms with van der Waals surface area (Å²) in [4.78, 5) is 8.48. The topological polar surface area (TPSA) is 30.7 Å². The van der Waals surface area contributed by atoms with Gasteiger partial charge in [-0.15, -0.1) is 0 Å². The molecule has 0 spiro atoms. The van der Waals surface area contributed by atoms with Crippen molar-refractivity contribution < 1.29 is 0 Å². The minimum Gasteiger partial charge on any atom is -0.329 e. The number of fused-ring (bicyclic) bond motifs is 1. The Bertz CT molecular complexity index is 389. The fourth-order valence-corrected chi connectivity index (χ4v) is 1.49. The SMILES string of the molecule is Cc1ccn(C(C)C)c2ncnc1-2. The molecule has 2 aliphatic rings. The summed E-state index contributed by atoms with van der Waals surface area (Å²) in [7, 11) is 0. The molecule has 0 radical (unpaired) electrons. The first-order chi connectivity index (χ1) is 6.20. The summed E-state index contributed by atoms with van der Waals surface area (Å²) in [6, 6.07) is 2.51. The fraction of sp³-hybridized carbons (Fsp3) is 0.400. The molecule has 0 bridgehead atoms. The highest BCUT2D eigenvalue weighted by Gasteiger charge is 2.13. The van der Waals surface area contributed by atoms with Gasteiger partial charge in [0.2, 0.25) is 0 Å². The van der Waals surface area contributed by atoms with Crippen molar-refractivity contribution in [1.29, 1.82) is 0 Å². The van der Waals surface area contributed by atoms with Crippen LogP contribution in [0.1, 0.15) is 25.5 Å². The van der Waals surface area contributed by atoms with Crippen molar-refractivity contribution >= 4 is 0 Å². The van der Waals surface area contributed by atoms with Gasteiger partial charge in [-0.25, -0.2) is 9.97 Å². The molecular formula is C10H13N3. The molecule has 0 saturated carbocycles. The minimum absolute atomic E-state index is 0.430. The zero-order chi connectivity index (χ0) is 9.42. The van der Waals surface area contributed by atoms with Crippen LogP contribution in [-0.2, 0) is 0 Å². The monoisotopic (exact) mass is 175 g/mol. The van der Waals surface area contributed by atoms with E-state index in [0.29, 0.717) is 6.04 Å². The van der Waals surface area contributed by atoms with Gasteiger partial charge in [-0.2, -0.15) is 0 Å². The number of aryl methyl sites for hydroxylation is 1. The predicted molar refractivity (Wildman–Crippen MR) is 51.8 cm³/mol. The van der Waals surface area contributed by atoms with Crippen molar-refractivity contribution in [2.24, 2.45) is 0 Å². The van der Waals surface area contributed by atoms with Crippen molar-refractivity contribution in [2.45, 2.75) is 26.8 Å². The molecule has 3 nitrogen and oxygen atoms in total. The maximum atomic E-state index is 4.25. The molecule has 68 valence electrons. The van der Waals surface area contributed by atoms with E-state index in [2.05, 4.69) is 47.6 Å². The summed E-state index contributed by atoms with van der Waals surface area (Å²) in [6.07, 6.45) is 3.69. The summed E-state index contributed by atoms with van der Waals surface area (Å²) in [5, 5.41) is 0. The van der Waals surface area contributed by atoms with Gasteiger partial charge in [-0.1, -0.05) is 0 Å². The number of hydrogen-bond acceptors (Lipinski definition) is 2. The van der Waals surface area contributed by atoms with Crippen LogP contribution in [-0.4, -0.2) is 14.5 Å². The number of aromatic nitrogens is 3. The molecule has 2 heterocycles. The molecule has 0 N–H and O–H groups in total. The van der Waals surface area contributed by atoms with Gasteiger partial charge >= 0.3 is 0 Å². The molecule has 0 saturated heterocycles. The lowest BCUT2D eigenvalue weighted by Crippen LogP contribution is -2.06. The summed E-state index contributed by atoms with van der Waals surface area (Å²) in [5.41, 5.74) is 2.20. The van der Waals surface area contributed by atoms with E-state index in [0.717, 1.165) is 11.5 Å². The minimum atomic E-state index is 0.430. The van der Waals surface area contributed by atoms with Gasteiger partial charge in [0, 0.05) is 12.2 Å². The quantitative estimate of drug-likeness (QED) is 0.665. The Morgan fingerprint density at radius 2 is 2.08 bits per heavy atom. The van der Waals surface area contributed by atoms with Crippen molar-refractivity contribution in [1.82, 2.24) is 14.5 Å². The third-order valence-electron chi connectivity index (χ3n) is 2.24. The van der Waals surface area contributed by atoms with Gasteiger partial charge in [0.1, 0.15) is 12.0 Å². The van der Waals surface area contributed by atoms with E-state index in [-0.39, 0.29) is 0 Å². The van der Waals surface area contributed by atoms with Crippen LogP contribution in [0.2, 0.25) is 0 Å². The lowest BCUT2D eigenvalue weighted by Gasteiger charge is -2.15. The van der Waals surface area contributed by atoms with Crippen LogP contribution in [0.25, 0.3) is 11.5 Å². The Kier molecular flexibility index (Phi) is 1.79. The molecule has 0 aliphatic carbocycles. The highest BCUT2D eigenvalue weighted by Crippen LogP contribution is 2.23. The average Bonchev–Trinajstić information content (AvgIpc) is 2.53. The van der Waals surface area contributed by atoms with E-state index in [1.165, 1.54) is 5.56 Å². The van der Waals surface area contributed by atoms with Crippen LogP contribution in [0, 0.1) is 6.92 Å². The maximum Gasteiger partial charge on any atom is 0.160 e. The molecule has 2 rings (SSSR count). The maximum absolute atomic E-state index is 4.25. The van der Waals surface area contributed by atoms with Crippen LogP contribution in [0.4, 0.5) is 0 Å². The van der Waals surface area contributed by atoms with E-state index >= 15 is 0 Å². The van der Waals surface area contributed by atoms with E-state index in [1.54, 1.807) is 6.33 Å². The Hall–Kier alpha value is -1.38. The summed E-state index contributed by atoms with van der Waals surface area (Å²) < 4.78 is 2.13. The fourth-order valence-electron chi connectivity index (χ4n) is 1.49. The number of pyridine rings is 1. The first kappa shape index (κ1) is 8.23. The van der Waals surface area contributed by atoms with Crippen molar-refractivity contribution in [3.8, 4) is 11.5 Å². The van der Waals surface area contributed by atoms with Crippen LogP contribution >= 0.6 is 0 Å². The molecule has 0 unspecified atom stereocenters. The number of imidazole rings is 1. The van der Waals surface area contributed by atoms with Crippen LogP contribution in [0.5, 0.6) is 0 Å². The van der Waals surface area contributed by atoms with Crippen molar-refractivity contribution in [3.05, 3.63) is 24.2 Å². The molecule has 0 aromatic rings. The van der Waals surface area contributed by atoms with Crippen molar-refractivity contribution in [3.63, 3.8) is 0 Å². The lowest BCUT2D eigenvalue weighted by molar-refractivity contribution is 0.595. The first-order valence-electron chi connectivity index (χ1n) is 4.48. The zero-order valence-corrected chi connectivity index (χ0v) is 8.15. The predicted octanol–water partition coefficient (Wildman–Crippen LogP) is 2.27. The average molecular weight is 175 g/mol. The van der Waals surface area contributed by atoms with Gasteiger partial charge < -0.3 is 4.57 Å². The van der Waals surface area contributed by atoms with Crippen LogP contribution in [0.3, 0.4) is 0 Å². The second-order valence-corrected chi connectivity index (χ2v) is 3.55. The van der Waals surface area contributed by atoms with Gasteiger partial charge in [0.15, 0.2) is 5.82 Å². The van der Waals surface area contributed by atoms with E-state index in [1.807, 2.05) is 0 Å². The van der Waals surface area contributed by atoms with Gasteiger partial charge in [0.05, 0.1) is 0 Å².